The smallest absolute Gasteiger partial charge is 0.385 e. The van der Waals surface area contributed by atoms with Gasteiger partial charge in [0.1, 0.15) is 5.82 Å². The van der Waals surface area contributed by atoms with E-state index in [1.54, 1.807) is 28.8 Å². The van der Waals surface area contributed by atoms with Crippen molar-refractivity contribution < 1.29 is 22.7 Å². The number of aromatic nitrogens is 2. The number of carbonyl (C=O) groups excluding carboxylic acids is 1. The van der Waals surface area contributed by atoms with Crippen LogP contribution in [0.5, 0.6) is 0 Å². The SMILES string of the molecule is COCCCn1c([C@@H]2CCCN(C(=O)C[C@H](N)Cc3ccc(-c4ccc(N)nc4)cc3)C2)cc(C(F)(F)F)c1C. The van der Waals surface area contributed by atoms with Crippen LogP contribution >= 0.6 is 0 Å². The number of nitrogens with zero attached hydrogens (tertiary/aromatic N) is 3. The molecule has 4 rings (SSSR count). The van der Waals surface area contributed by atoms with Gasteiger partial charge >= 0.3 is 6.18 Å². The van der Waals surface area contributed by atoms with Gasteiger partial charge in [-0.25, -0.2) is 4.98 Å². The van der Waals surface area contributed by atoms with Crippen LogP contribution < -0.4 is 11.5 Å². The van der Waals surface area contributed by atoms with Crippen molar-refractivity contribution in [2.75, 3.05) is 32.5 Å². The highest BCUT2D eigenvalue weighted by Crippen LogP contribution is 2.38. The second kappa shape index (κ2) is 12.9. The molecule has 0 saturated carbocycles. The van der Waals surface area contributed by atoms with E-state index in [0.29, 0.717) is 50.6 Å². The number of alkyl halides is 3. The first-order valence-electron chi connectivity index (χ1n) is 13.7. The second-order valence-corrected chi connectivity index (χ2v) is 10.6. The summed E-state index contributed by atoms with van der Waals surface area (Å²) in [5.74, 6) is 0.238. The molecule has 0 bridgehead atoms. The van der Waals surface area contributed by atoms with Gasteiger partial charge in [0.2, 0.25) is 5.91 Å². The summed E-state index contributed by atoms with van der Waals surface area (Å²) < 4.78 is 48.0. The molecule has 0 radical (unpaired) electrons. The number of anilines is 1. The fraction of sp³-hybridized carbons (Fsp3) is 0.467. The molecule has 0 aliphatic carbocycles. The highest BCUT2D eigenvalue weighted by molar-refractivity contribution is 5.77. The fourth-order valence-corrected chi connectivity index (χ4v) is 5.54. The molecule has 2 aromatic heterocycles. The Balaban J connectivity index is 1.39. The van der Waals surface area contributed by atoms with Crippen molar-refractivity contribution in [3.05, 3.63) is 71.2 Å². The van der Waals surface area contributed by atoms with Crippen LogP contribution in [0.1, 0.15) is 54.1 Å². The van der Waals surface area contributed by atoms with Gasteiger partial charge in [-0.3, -0.25) is 4.79 Å². The number of hydrogen-bond donors (Lipinski definition) is 2. The monoisotopic (exact) mass is 557 g/mol. The lowest BCUT2D eigenvalue weighted by Gasteiger charge is -2.34. The molecule has 1 fully saturated rings. The normalized spacial score (nSPS) is 16.8. The minimum absolute atomic E-state index is 0.0629. The Hall–Kier alpha value is -3.37. The Labute approximate surface area is 233 Å². The van der Waals surface area contributed by atoms with Crippen LogP contribution in [0.2, 0.25) is 0 Å². The number of nitrogens with two attached hydrogens (primary N) is 2. The number of pyridine rings is 1. The number of methoxy groups -OCH3 is 1. The number of rotatable bonds is 10. The number of benzene rings is 1. The van der Waals surface area contributed by atoms with Gasteiger partial charge in [0.05, 0.1) is 5.56 Å². The molecular formula is C30H38F3N5O2. The predicted octanol–water partition coefficient (Wildman–Crippen LogP) is 5.16. The van der Waals surface area contributed by atoms with Crippen LogP contribution in [0, 0.1) is 6.92 Å². The molecule has 40 heavy (non-hydrogen) atoms. The Morgan fingerprint density at radius 3 is 2.55 bits per heavy atom. The number of carbonyl (C=O) groups is 1. The van der Waals surface area contributed by atoms with E-state index in [0.717, 1.165) is 29.5 Å². The molecule has 0 unspecified atom stereocenters. The van der Waals surface area contributed by atoms with Crippen molar-refractivity contribution in [1.29, 1.82) is 0 Å². The molecule has 3 aromatic rings. The molecule has 0 spiro atoms. The minimum atomic E-state index is -4.42. The largest absolute Gasteiger partial charge is 0.418 e. The average Bonchev–Trinajstić information content (AvgIpc) is 3.26. The summed E-state index contributed by atoms with van der Waals surface area (Å²) in [4.78, 5) is 19.1. The van der Waals surface area contributed by atoms with Gasteiger partial charge in [0.25, 0.3) is 0 Å². The van der Waals surface area contributed by atoms with Crippen LogP contribution in [-0.4, -0.2) is 53.2 Å². The maximum atomic E-state index is 13.7. The highest BCUT2D eigenvalue weighted by atomic mass is 19.4. The van der Waals surface area contributed by atoms with E-state index in [1.165, 1.54) is 13.0 Å². The minimum Gasteiger partial charge on any atom is -0.385 e. The molecule has 7 nitrogen and oxygen atoms in total. The van der Waals surface area contributed by atoms with E-state index in [9.17, 15) is 18.0 Å². The lowest BCUT2D eigenvalue weighted by molar-refractivity contribution is -0.138. The summed E-state index contributed by atoms with van der Waals surface area (Å²) >= 11 is 0. The third kappa shape index (κ3) is 7.22. The lowest BCUT2D eigenvalue weighted by atomic mass is 9.93. The Morgan fingerprint density at radius 1 is 1.18 bits per heavy atom. The average molecular weight is 558 g/mol. The van der Waals surface area contributed by atoms with Gasteiger partial charge in [-0.1, -0.05) is 24.3 Å². The van der Waals surface area contributed by atoms with Crippen LogP contribution in [0.4, 0.5) is 19.0 Å². The number of halogens is 3. The molecule has 1 amide bonds. The summed E-state index contributed by atoms with van der Waals surface area (Å²) in [6, 6.07) is 12.5. The van der Waals surface area contributed by atoms with E-state index in [-0.39, 0.29) is 30.0 Å². The second-order valence-electron chi connectivity index (χ2n) is 10.6. The van der Waals surface area contributed by atoms with E-state index in [4.69, 9.17) is 16.2 Å². The molecule has 1 saturated heterocycles. The van der Waals surface area contributed by atoms with E-state index < -0.39 is 11.7 Å². The van der Waals surface area contributed by atoms with Crippen LogP contribution in [0.25, 0.3) is 11.1 Å². The number of piperidine rings is 1. The fourth-order valence-electron chi connectivity index (χ4n) is 5.54. The zero-order valence-electron chi connectivity index (χ0n) is 23.1. The summed E-state index contributed by atoms with van der Waals surface area (Å²) in [6.45, 7) is 3.40. The van der Waals surface area contributed by atoms with Gasteiger partial charge in [0, 0.05) is 74.9 Å². The van der Waals surface area contributed by atoms with Crippen molar-refractivity contribution in [2.24, 2.45) is 5.73 Å². The van der Waals surface area contributed by atoms with Crippen LogP contribution in [0.3, 0.4) is 0 Å². The Morgan fingerprint density at radius 2 is 1.90 bits per heavy atom. The lowest BCUT2D eigenvalue weighted by Crippen LogP contribution is -2.42. The van der Waals surface area contributed by atoms with Gasteiger partial charge < -0.3 is 25.7 Å². The van der Waals surface area contributed by atoms with Crippen molar-refractivity contribution >= 4 is 11.7 Å². The summed E-state index contributed by atoms with van der Waals surface area (Å²) in [6.07, 6.45) is 0.0958. The van der Waals surface area contributed by atoms with Crippen molar-refractivity contribution in [2.45, 2.75) is 63.7 Å². The third-order valence-corrected chi connectivity index (χ3v) is 7.63. The van der Waals surface area contributed by atoms with Gasteiger partial charge in [-0.05, 0) is 61.9 Å². The highest BCUT2D eigenvalue weighted by Gasteiger charge is 2.37. The molecule has 1 aliphatic heterocycles. The van der Waals surface area contributed by atoms with Gasteiger partial charge in [-0.15, -0.1) is 0 Å². The summed E-state index contributed by atoms with van der Waals surface area (Å²) in [5, 5.41) is 0. The number of ether oxygens (including phenoxy) is 1. The quantitative estimate of drug-likeness (QED) is 0.336. The number of nitrogen functional groups attached to an aromatic ring is 1. The first-order valence-corrected chi connectivity index (χ1v) is 13.7. The van der Waals surface area contributed by atoms with E-state index in [2.05, 4.69) is 4.98 Å². The number of likely N-dealkylation sites (tertiary alicyclic amines) is 1. The summed E-state index contributed by atoms with van der Waals surface area (Å²) in [5.41, 5.74) is 15.3. The molecule has 10 heteroatoms. The number of amides is 1. The Kier molecular flexibility index (Phi) is 9.52. The maximum Gasteiger partial charge on any atom is 0.418 e. The molecule has 1 aliphatic rings. The zero-order valence-corrected chi connectivity index (χ0v) is 23.1. The molecule has 216 valence electrons. The predicted molar refractivity (Wildman–Crippen MR) is 150 cm³/mol. The van der Waals surface area contributed by atoms with Crippen molar-refractivity contribution in [3.63, 3.8) is 0 Å². The van der Waals surface area contributed by atoms with E-state index in [1.807, 2.05) is 30.3 Å². The topological polar surface area (TPSA) is 99.4 Å². The Bertz CT molecular complexity index is 1270. The zero-order chi connectivity index (χ0) is 28.9. The molecule has 2 atom stereocenters. The van der Waals surface area contributed by atoms with E-state index >= 15 is 0 Å². The summed E-state index contributed by atoms with van der Waals surface area (Å²) in [7, 11) is 1.58. The third-order valence-electron chi connectivity index (χ3n) is 7.63. The van der Waals surface area contributed by atoms with Crippen molar-refractivity contribution in [1.82, 2.24) is 14.5 Å². The van der Waals surface area contributed by atoms with Gasteiger partial charge in [-0.2, -0.15) is 13.2 Å². The first-order chi connectivity index (χ1) is 19.1. The van der Waals surface area contributed by atoms with Crippen molar-refractivity contribution in [3.8, 4) is 11.1 Å². The molecular weight excluding hydrogens is 519 g/mol. The first kappa shape index (κ1) is 29.6. The standard InChI is InChI=1S/C30H38F3N5O2/c1-20-26(30(31,32)33)17-27(38(20)13-4-14-40-2)24-5-3-12-37(19-24)29(39)16-25(34)15-21-6-8-22(9-7-21)23-10-11-28(35)36-18-23/h6-11,17-18,24-25H,3-5,12-16,19,34H2,1-2H3,(H2,35,36)/t24-,25-/m1/s1. The molecule has 3 heterocycles. The van der Waals surface area contributed by atoms with Crippen LogP contribution in [0.15, 0.2) is 48.7 Å². The maximum absolute atomic E-state index is 13.7. The van der Waals surface area contributed by atoms with Gasteiger partial charge in [0.15, 0.2) is 0 Å². The number of hydrogen-bond acceptors (Lipinski definition) is 5. The molecule has 4 N–H and O–H groups in total. The van der Waals surface area contributed by atoms with Crippen LogP contribution in [-0.2, 0) is 28.7 Å². The molecule has 1 aromatic carbocycles.